The third kappa shape index (κ3) is 2.85. The minimum Gasteiger partial charge on any atom is -0.378 e. The Balaban J connectivity index is 1.97. The second kappa shape index (κ2) is 6.00. The van der Waals surface area contributed by atoms with Crippen LogP contribution in [0.1, 0.15) is 10.6 Å². The van der Waals surface area contributed by atoms with Crippen LogP contribution in [0.25, 0.3) is 21.9 Å². The van der Waals surface area contributed by atoms with E-state index in [1.54, 1.807) is 11.3 Å². The van der Waals surface area contributed by atoms with Gasteiger partial charge in [-0.3, -0.25) is 0 Å². The quantitative estimate of drug-likeness (QED) is 0.672. The normalized spacial score (nSPS) is 11.4. The first-order valence-electron chi connectivity index (χ1n) is 6.92. The molecule has 0 aliphatic heterocycles. The van der Waals surface area contributed by atoms with E-state index in [1.165, 1.54) is 0 Å². The number of rotatable bonds is 3. The summed E-state index contributed by atoms with van der Waals surface area (Å²) in [5, 5.41) is 10.2. The number of allylic oxidation sites excluding steroid dienone is 1. The number of nitriles is 1. The van der Waals surface area contributed by atoms with Gasteiger partial charge in [0.25, 0.3) is 0 Å². The molecule has 0 saturated carbocycles. The molecule has 3 rings (SSSR count). The molecule has 0 atom stereocenters. The number of aromatic nitrogens is 1. The highest BCUT2D eigenvalue weighted by Gasteiger charge is 2.08. The van der Waals surface area contributed by atoms with Crippen molar-refractivity contribution < 1.29 is 0 Å². The van der Waals surface area contributed by atoms with Crippen LogP contribution in [0, 0.1) is 11.3 Å². The smallest absolute Gasteiger partial charge is 0.135 e. The zero-order chi connectivity index (χ0) is 15.5. The molecule has 108 valence electrons. The summed E-state index contributed by atoms with van der Waals surface area (Å²) in [6.07, 6.45) is 1.89. The number of para-hydroxylation sites is 1. The van der Waals surface area contributed by atoms with Crippen molar-refractivity contribution in [1.82, 2.24) is 4.98 Å². The van der Waals surface area contributed by atoms with Gasteiger partial charge in [0, 0.05) is 19.8 Å². The van der Waals surface area contributed by atoms with Crippen LogP contribution in [0.2, 0.25) is 0 Å². The molecular formula is C18H15N3S. The fraction of sp³-hybridized carbons (Fsp3) is 0.111. The first kappa shape index (κ1) is 14.3. The molecule has 0 N–H and O–H groups in total. The van der Waals surface area contributed by atoms with Crippen molar-refractivity contribution in [3.05, 3.63) is 59.1 Å². The van der Waals surface area contributed by atoms with E-state index in [4.69, 9.17) is 0 Å². The van der Waals surface area contributed by atoms with Crippen LogP contribution in [0.4, 0.5) is 5.69 Å². The second-order valence-corrected chi connectivity index (χ2v) is 6.17. The van der Waals surface area contributed by atoms with Gasteiger partial charge < -0.3 is 4.90 Å². The van der Waals surface area contributed by atoms with E-state index < -0.39 is 0 Å². The number of fused-ring (bicyclic) bond motifs is 1. The van der Waals surface area contributed by atoms with Crippen molar-refractivity contribution in [3.63, 3.8) is 0 Å². The van der Waals surface area contributed by atoms with Crippen LogP contribution >= 0.6 is 11.3 Å². The Morgan fingerprint density at radius 1 is 1.14 bits per heavy atom. The molecule has 3 aromatic rings. The lowest BCUT2D eigenvalue weighted by molar-refractivity contribution is 1.13. The van der Waals surface area contributed by atoms with E-state index in [0.717, 1.165) is 26.5 Å². The second-order valence-electron chi connectivity index (χ2n) is 5.14. The number of hydrogen-bond acceptors (Lipinski definition) is 4. The molecule has 0 radical (unpaired) electrons. The van der Waals surface area contributed by atoms with Crippen LogP contribution in [-0.2, 0) is 0 Å². The summed E-state index contributed by atoms with van der Waals surface area (Å²) >= 11 is 1.55. The topological polar surface area (TPSA) is 39.9 Å². The van der Waals surface area contributed by atoms with Gasteiger partial charge in [-0.1, -0.05) is 24.3 Å². The van der Waals surface area contributed by atoms with E-state index in [2.05, 4.69) is 11.1 Å². The fourth-order valence-corrected chi connectivity index (χ4v) is 3.10. The van der Waals surface area contributed by atoms with Gasteiger partial charge in [-0.25, -0.2) is 4.98 Å². The number of nitrogens with zero attached hydrogens (tertiary/aromatic N) is 3. The molecule has 4 heteroatoms. The molecule has 2 aromatic carbocycles. The average Bonchev–Trinajstić information content (AvgIpc) is 2.96. The molecule has 0 aliphatic carbocycles. The molecule has 0 fully saturated rings. The summed E-state index contributed by atoms with van der Waals surface area (Å²) in [5.74, 6) is 0. The first-order valence-corrected chi connectivity index (χ1v) is 7.74. The van der Waals surface area contributed by atoms with Crippen LogP contribution in [-0.4, -0.2) is 19.1 Å². The van der Waals surface area contributed by atoms with Crippen molar-refractivity contribution in [3.8, 4) is 6.07 Å². The molecule has 0 bridgehead atoms. The van der Waals surface area contributed by atoms with Crippen molar-refractivity contribution >= 4 is 38.9 Å². The Morgan fingerprint density at radius 2 is 1.86 bits per heavy atom. The summed E-state index contributed by atoms with van der Waals surface area (Å²) in [7, 11) is 4.01. The maximum Gasteiger partial charge on any atom is 0.135 e. The molecule has 0 saturated heterocycles. The summed E-state index contributed by atoms with van der Waals surface area (Å²) < 4.78 is 1.10. The number of benzene rings is 2. The zero-order valence-corrected chi connectivity index (χ0v) is 13.3. The number of anilines is 1. The number of hydrogen-bond donors (Lipinski definition) is 0. The van der Waals surface area contributed by atoms with Crippen molar-refractivity contribution in [2.45, 2.75) is 0 Å². The minimum atomic E-state index is 0.596. The van der Waals surface area contributed by atoms with E-state index in [9.17, 15) is 5.26 Å². The third-order valence-electron chi connectivity index (χ3n) is 3.37. The maximum absolute atomic E-state index is 9.45. The monoisotopic (exact) mass is 305 g/mol. The Kier molecular flexibility index (Phi) is 3.90. The third-order valence-corrected chi connectivity index (χ3v) is 4.43. The zero-order valence-electron chi connectivity index (χ0n) is 12.4. The van der Waals surface area contributed by atoms with E-state index >= 15 is 0 Å². The van der Waals surface area contributed by atoms with Gasteiger partial charge in [-0.05, 0) is 35.9 Å². The SMILES string of the molecule is CN(C)c1ccc(C=C(C#N)c2nc3ccccc3s2)cc1. The molecule has 0 aliphatic rings. The predicted octanol–water partition coefficient (Wildman–Crippen LogP) is 4.43. The first-order chi connectivity index (χ1) is 10.7. The van der Waals surface area contributed by atoms with Crippen molar-refractivity contribution in [1.29, 1.82) is 5.26 Å². The Bertz CT molecular complexity index is 834. The van der Waals surface area contributed by atoms with Gasteiger partial charge in [-0.2, -0.15) is 5.26 Å². The van der Waals surface area contributed by atoms with Crippen LogP contribution in [0.5, 0.6) is 0 Å². The van der Waals surface area contributed by atoms with E-state index in [1.807, 2.05) is 73.6 Å². The van der Waals surface area contributed by atoms with Gasteiger partial charge in [0.05, 0.1) is 15.8 Å². The standard InChI is InChI=1S/C18H15N3S/c1-21(2)15-9-7-13(8-10-15)11-14(12-19)18-20-16-5-3-4-6-17(16)22-18/h3-11H,1-2H3. The highest BCUT2D eigenvalue weighted by Crippen LogP contribution is 2.28. The number of thiazole rings is 1. The van der Waals surface area contributed by atoms with E-state index in [-0.39, 0.29) is 0 Å². The summed E-state index contributed by atoms with van der Waals surface area (Å²) in [4.78, 5) is 6.59. The summed E-state index contributed by atoms with van der Waals surface area (Å²) in [6.45, 7) is 0. The predicted molar refractivity (Wildman–Crippen MR) is 93.9 cm³/mol. The molecule has 0 unspecified atom stereocenters. The van der Waals surface area contributed by atoms with Crippen LogP contribution < -0.4 is 4.90 Å². The van der Waals surface area contributed by atoms with Gasteiger partial charge in [-0.15, -0.1) is 11.3 Å². The highest BCUT2D eigenvalue weighted by atomic mass is 32.1. The molecular weight excluding hydrogens is 290 g/mol. The summed E-state index contributed by atoms with van der Waals surface area (Å²) in [5.41, 5.74) is 3.67. The fourth-order valence-electron chi connectivity index (χ4n) is 2.16. The summed E-state index contributed by atoms with van der Waals surface area (Å²) in [6, 6.07) is 18.3. The Labute approximate surface area is 133 Å². The molecule has 0 spiro atoms. The maximum atomic E-state index is 9.45. The van der Waals surface area contributed by atoms with Gasteiger partial charge in [0.1, 0.15) is 11.1 Å². The minimum absolute atomic E-state index is 0.596. The molecule has 1 aromatic heterocycles. The van der Waals surface area contributed by atoms with Gasteiger partial charge in [0.2, 0.25) is 0 Å². The lowest BCUT2D eigenvalue weighted by Gasteiger charge is -2.11. The molecule has 0 amide bonds. The molecule has 22 heavy (non-hydrogen) atoms. The van der Waals surface area contributed by atoms with Gasteiger partial charge >= 0.3 is 0 Å². The lowest BCUT2D eigenvalue weighted by Crippen LogP contribution is -2.07. The molecule has 1 heterocycles. The van der Waals surface area contributed by atoms with Crippen LogP contribution in [0.15, 0.2) is 48.5 Å². The van der Waals surface area contributed by atoms with Crippen molar-refractivity contribution in [2.24, 2.45) is 0 Å². The molecule has 3 nitrogen and oxygen atoms in total. The van der Waals surface area contributed by atoms with Crippen molar-refractivity contribution in [2.75, 3.05) is 19.0 Å². The Hall–Kier alpha value is -2.64. The average molecular weight is 305 g/mol. The van der Waals surface area contributed by atoms with Gasteiger partial charge in [0.15, 0.2) is 0 Å². The van der Waals surface area contributed by atoms with Crippen LogP contribution in [0.3, 0.4) is 0 Å². The van der Waals surface area contributed by atoms with E-state index in [0.29, 0.717) is 5.57 Å². The lowest BCUT2D eigenvalue weighted by atomic mass is 10.1. The Morgan fingerprint density at radius 3 is 2.50 bits per heavy atom. The largest absolute Gasteiger partial charge is 0.378 e. The highest BCUT2D eigenvalue weighted by molar-refractivity contribution is 7.19.